The second-order valence-electron chi connectivity index (χ2n) is 6.22. The lowest BCUT2D eigenvalue weighted by Gasteiger charge is -2.18. The summed E-state index contributed by atoms with van der Waals surface area (Å²) in [5.74, 6) is -0.307. The highest BCUT2D eigenvalue weighted by molar-refractivity contribution is 7.89. The zero-order valence-electron chi connectivity index (χ0n) is 15.2. The van der Waals surface area contributed by atoms with Crippen LogP contribution in [0.15, 0.2) is 41.3 Å². The van der Waals surface area contributed by atoms with Crippen LogP contribution < -0.4 is 10.0 Å². The summed E-state index contributed by atoms with van der Waals surface area (Å²) in [6, 6.07) is 10.00. The van der Waals surface area contributed by atoms with Crippen molar-refractivity contribution < 1.29 is 13.2 Å². The van der Waals surface area contributed by atoms with E-state index in [2.05, 4.69) is 29.1 Å². The monoisotopic (exact) mass is 360 g/mol. The van der Waals surface area contributed by atoms with E-state index in [1.807, 2.05) is 20.8 Å². The molecule has 0 aliphatic carbocycles. The van der Waals surface area contributed by atoms with Gasteiger partial charge in [-0.05, 0) is 75.2 Å². The zero-order chi connectivity index (χ0) is 18.8. The SMILES string of the molecule is CNS(=O)(=O)c1cccc(C(=O)NC(C)c2cc(C)c(C)cc2C)c1. The van der Waals surface area contributed by atoms with E-state index in [9.17, 15) is 13.2 Å². The Morgan fingerprint density at radius 1 is 1.00 bits per heavy atom. The van der Waals surface area contributed by atoms with Gasteiger partial charge in [0, 0.05) is 5.56 Å². The van der Waals surface area contributed by atoms with Crippen LogP contribution in [0.3, 0.4) is 0 Å². The molecule has 0 fully saturated rings. The summed E-state index contributed by atoms with van der Waals surface area (Å²) in [6.45, 7) is 8.04. The van der Waals surface area contributed by atoms with Gasteiger partial charge in [0.25, 0.3) is 5.91 Å². The smallest absolute Gasteiger partial charge is 0.251 e. The highest BCUT2D eigenvalue weighted by atomic mass is 32.2. The van der Waals surface area contributed by atoms with Crippen molar-refractivity contribution in [1.82, 2.24) is 10.0 Å². The van der Waals surface area contributed by atoms with Crippen molar-refractivity contribution >= 4 is 15.9 Å². The van der Waals surface area contributed by atoms with Gasteiger partial charge in [0.05, 0.1) is 10.9 Å². The molecule has 2 aromatic carbocycles. The standard InChI is InChI=1S/C19H24N2O3S/c1-12-9-14(3)18(10-13(12)2)15(4)21-19(22)16-7-6-8-17(11-16)25(23,24)20-5/h6-11,15,20H,1-5H3,(H,21,22). The van der Waals surface area contributed by atoms with Crippen molar-refractivity contribution in [2.75, 3.05) is 7.05 Å². The third kappa shape index (κ3) is 4.27. The van der Waals surface area contributed by atoms with Crippen LogP contribution in [-0.4, -0.2) is 21.4 Å². The largest absolute Gasteiger partial charge is 0.346 e. The van der Waals surface area contributed by atoms with Gasteiger partial charge in [-0.2, -0.15) is 0 Å². The maximum absolute atomic E-state index is 12.5. The predicted molar refractivity (Wildman–Crippen MR) is 99.2 cm³/mol. The van der Waals surface area contributed by atoms with E-state index < -0.39 is 10.0 Å². The number of amides is 1. The minimum Gasteiger partial charge on any atom is -0.346 e. The van der Waals surface area contributed by atoms with E-state index in [1.54, 1.807) is 12.1 Å². The third-order valence-electron chi connectivity index (χ3n) is 4.37. The Labute approximate surface area is 149 Å². The number of hydrogen-bond acceptors (Lipinski definition) is 3. The first-order chi connectivity index (χ1) is 11.7. The molecule has 0 saturated carbocycles. The fourth-order valence-electron chi connectivity index (χ4n) is 2.73. The molecular formula is C19H24N2O3S. The first kappa shape index (κ1) is 19.1. The van der Waals surface area contributed by atoms with Crippen LogP contribution in [0.25, 0.3) is 0 Å². The van der Waals surface area contributed by atoms with Crippen LogP contribution in [0.1, 0.15) is 45.6 Å². The second kappa shape index (κ2) is 7.37. The summed E-state index contributed by atoms with van der Waals surface area (Å²) in [5.41, 5.74) is 4.86. The molecule has 0 aliphatic rings. The molecule has 0 bridgehead atoms. The van der Waals surface area contributed by atoms with Crippen LogP contribution in [0.4, 0.5) is 0 Å². The number of carbonyl (C=O) groups excluding carboxylic acids is 1. The van der Waals surface area contributed by atoms with Gasteiger partial charge >= 0.3 is 0 Å². The molecule has 0 heterocycles. The average molecular weight is 360 g/mol. The molecule has 0 saturated heterocycles. The Hall–Kier alpha value is -2.18. The van der Waals surface area contributed by atoms with Crippen molar-refractivity contribution in [2.24, 2.45) is 0 Å². The zero-order valence-corrected chi connectivity index (χ0v) is 16.0. The Balaban J connectivity index is 2.25. The molecule has 2 rings (SSSR count). The van der Waals surface area contributed by atoms with E-state index in [4.69, 9.17) is 0 Å². The quantitative estimate of drug-likeness (QED) is 0.861. The van der Waals surface area contributed by atoms with Gasteiger partial charge in [-0.15, -0.1) is 0 Å². The van der Waals surface area contributed by atoms with Crippen molar-refractivity contribution in [3.05, 3.63) is 64.2 Å². The van der Waals surface area contributed by atoms with Crippen molar-refractivity contribution in [2.45, 2.75) is 38.6 Å². The van der Waals surface area contributed by atoms with Crippen molar-refractivity contribution in [3.8, 4) is 0 Å². The molecule has 1 atom stereocenters. The number of hydrogen-bond donors (Lipinski definition) is 2. The number of nitrogens with one attached hydrogen (secondary N) is 2. The molecule has 25 heavy (non-hydrogen) atoms. The molecule has 2 N–H and O–H groups in total. The number of sulfonamides is 1. The van der Waals surface area contributed by atoms with Gasteiger partial charge in [0.2, 0.25) is 10.0 Å². The van der Waals surface area contributed by atoms with E-state index in [-0.39, 0.29) is 16.8 Å². The molecule has 0 aromatic heterocycles. The summed E-state index contributed by atoms with van der Waals surface area (Å²) in [6.07, 6.45) is 0. The van der Waals surface area contributed by atoms with Crippen LogP contribution >= 0.6 is 0 Å². The molecule has 5 nitrogen and oxygen atoms in total. The third-order valence-corrected chi connectivity index (χ3v) is 5.78. The van der Waals surface area contributed by atoms with Crippen molar-refractivity contribution in [3.63, 3.8) is 0 Å². The maximum Gasteiger partial charge on any atom is 0.251 e. The van der Waals surface area contributed by atoms with E-state index in [1.165, 1.54) is 30.3 Å². The molecule has 6 heteroatoms. The minimum absolute atomic E-state index is 0.0673. The Bertz CT molecular complexity index is 905. The van der Waals surface area contributed by atoms with E-state index >= 15 is 0 Å². The van der Waals surface area contributed by atoms with Gasteiger partial charge in [-0.1, -0.05) is 18.2 Å². The lowest BCUT2D eigenvalue weighted by molar-refractivity contribution is 0.0939. The summed E-state index contributed by atoms with van der Waals surface area (Å²) < 4.78 is 26.0. The summed E-state index contributed by atoms with van der Waals surface area (Å²) in [7, 11) is -2.24. The second-order valence-corrected chi connectivity index (χ2v) is 8.11. The molecule has 0 radical (unpaired) electrons. The van der Waals surface area contributed by atoms with E-state index in [0.29, 0.717) is 5.56 Å². The van der Waals surface area contributed by atoms with Gasteiger partial charge in [-0.25, -0.2) is 13.1 Å². The van der Waals surface area contributed by atoms with Gasteiger partial charge in [0.1, 0.15) is 0 Å². The lowest BCUT2D eigenvalue weighted by atomic mass is 9.96. The fraction of sp³-hybridized carbons (Fsp3) is 0.316. The summed E-state index contributed by atoms with van der Waals surface area (Å²) in [4.78, 5) is 12.6. The molecule has 2 aromatic rings. The van der Waals surface area contributed by atoms with Crippen LogP contribution in [0, 0.1) is 20.8 Å². The Morgan fingerprint density at radius 2 is 1.64 bits per heavy atom. The van der Waals surface area contributed by atoms with Crippen LogP contribution in [0.5, 0.6) is 0 Å². The van der Waals surface area contributed by atoms with Gasteiger partial charge < -0.3 is 5.32 Å². The number of aryl methyl sites for hydroxylation is 3. The number of rotatable bonds is 5. The van der Waals surface area contributed by atoms with Gasteiger partial charge in [-0.3, -0.25) is 4.79 Å². The molecular weight excluding hydrogens is 336 g/mol. The highest BCUT2D eigenvalue weighted by Crippen LogP contribution is 2.22. The Morgan fingerprint density at radius 3 is 2.28 bits per heavy atom. The lowest BCUT2D eigenvalue weighted by Crippen LogP contribution is -2.27. The average Bonchev–Trinajstić information content (AvgIpc) is 2.58. The number of benzene rings is 2. The highest BCUT2D eigenvalue weighted by Gasteiger charge is 2.17. The molecule has 134 valence electrons. The maximum atomic E-state index is 12.5. The van der Waals surface area contributed by atoms with Gasteiger partial charge in [0.15, 0.2) is 0 Å². The van der Waals surface area contributed by atoms with Crippen LogP contribution in [-0.2, 0) is 10.0 Å². The molecule has 0 aliphatic heterocycles. The Kier molecular flexibility index (Phi) is 5.65. The van der Waals surface area contributed by atoms with E-state index in [0.717, 1.165) is 11.1 Å². The number of carbonyl (C=O) groups is 1. The van der Waals surface area contributed by atoms with Crippen LogP contribution in [0.2, 0.25) is 0 Å². The summed E-state index contributed by atoms with van der Waals surface area (Å²) in [5, 5.41) is 2.94. The fourth-order valence-corrected chi connectivity index (χ4v) is 3.50. The minimum atomic E-state index is -3.58. The topological polar surface area (TPSA) is 75.3 Å². The molecule has 1 amide bonds. The first-order valence-electron chi connectivity index (χ1n) is 8.08. The molecule has 1 unspecified atom stereocenters. The predicted octanol–water partition coefficient (Wildman–Crippen LogP) is 3.01. The first-order valence-corrected chi connectivity index (χ1v) is 9.56. The normalized spacial score (nSPS) is 12.7. The molecule has 0 spiro atoms. The summed E-state index contributed by atoms with van der Waals surface area (Å²) >= 11 is 0. The van der Waals surface area contributed by atoms with Crippen molar-refractivity contribution in [1.29, 1.82) is 0 Å².